The highest BCUT2D eigenvalue weighted by Gasteiger charge is 1.73. The highest BCUT2D eigenvalue weighted by atomic mass is 32.2. The van der Waals surface area contributed by atoms with E-state index in [4.69, 9.17) is 0 Å². The molecule has 0 bridgehead atoms. The van der Waals surface area contributed by atoms with Gasteiger partial charge in [-0.25, -0.2) is 4.79 Å². The van der Waals surface area contributed by atoms with Crippen molar-refractivity contribution in [1.29, 1.82) is 0 Å². The van der Waals surface area contributed by atoms with Crippen molar-refractivity contribution in [2.24, 2.45) is 0 Å². The Kier molecular flexibility index (Phi) is 5.63. The highest BCUT2D eigenvalue weighted by molar-refractivity contribution is 7.99. The zero-order valence-electron chi connectivity index (χ0n) is 4.31. The van der Waals surface area contributed by atoms with Crippen molar-refractivity contribution in [2.45, 2.75) is 6.92 Å². The van der Waals surface area contributed by atoms with Crippen LogP contribution in [0.1, 0.15) is 6.92 Å². The smallest absolute Gasteiger partial charge is 0.120 e. The van der Waals surface area contributed by atoms with Crippen LogP contribution in [0.15, 0.2) is 6.08 Å². The molecule has 0 aliphatic carbocycles. The minimum atomic E-state index is 0.806. The van der Waals surface area contributed by atoms with Crippen LogP contribution in [0, 0.1) is 0 Å². The van der Waals surface area contributed by atoms with Crippen LogP contribution >= 0.6 is 11.8 Å². The maximum Gasteiger partial charge on any atom is 0.120 e. The summed E-state index contributed by atoms with van der Waals surface area (Å²) in [4.78, 5) is 9.49. The third kappa shape index (κ3) is 5.80. The SMILES string of the molecule is CCSCC=C=O. The maximum atomic E-state index is 9.49. The molecule has 0 aliphatic rings. The van der Waals surface area contributed by atoms with Gasteiger partial charge in [0.25, 0.3) is 0 Å². The normalized spacial score (nSPS) is 7.57. The zero-order chi connectivity index (χ0) is 5.54. The molecule has 0 radical (unpaired) electrons. The van der Waals surface area contributed by atoms with E-state index in [1.54, 1.807) is 17.7 Å². The van der Waals surface area contributed by atoms with Crippen molar-refractivity contribution >= 4 is 17.7 Å². The molecule has 0 fully saturated rings. The van der Waals surface area contributed by atoms with Crippen molar-refractivity contribution in [1.82, 2.24) is 0 Å². The predicted octanol–water partition coefficient (Wildman–Crippen LogP) is 1.13. The molecule has 0 rings (SSSR count). The standard InChI is InChI=1S/C5H8OS/c1-2-7-5-3-4-6/h3H,2,5H2,1H3. The van der Waals surface area contributed by atoms with Crippen molar-refractivity contribution < 1.29 is 4.79 Å². The Morgan fingerprint density at radius 1 is 1.86 bits per heavy atom. The van der Waals surface area contributed by atoms with Crippen LogP contribution in [-0.4, -0.2) is 17.4 Å². The molecule has 0 N–H and O–H groups in total. The Labute approximate surface area is 47.8 Å². The molecule has 0 atom stereocenters. The molecule has 0 saturated carbocycles. The summed E-state index contributed by atoms with van der Waals surface area (Å²) >= 11 is 1.71. The van der Waals surface area contributed by atoms with Gasteiger partial charge in [-0.3, -0.25) is 0 Å². The first kappa shape index (κ1) is 6.80. The predicted molar refractivity (Wildman–Crippen MR) is 33.3 cm³/mol. The molecule has 40 valence electrons. The number of carbonyl (C=O) groups excluding carboxylic acids is 1. The minimum Gasteiger partial charge on any atom is -0.234 e. The van der Waals surface area contributed by atoms with Gasteiger partial charge in [-0.2, -0.15) is 11.8 Å². The molecular weight excluding hydrogens is 108 g/mol. The third-order valence-electron chi connectivity index (χ3n) is 0.489. The van der Waals surface area contributed by atoms with Crippen LogP contribution in [0.5, 0.6) is 0 Å². The molecular formula is C5H8OS. The maximum absolute atomic E-state index is 9.49. The number of hydrogen-bond acceptors (Lipinski definition) is 2. The lowest BCUT2D eigenvalue weighted by Crippen LogP contribution is -1.69. The van der Waals surface area contributed by atoms with Crippen LogP contribution in [0.25, 0.3) is 0 Å². The summed E-state index contributed by atoms with van der Waals surface area (Å²) in [5.74, 6) is 3.58. The van der Waals surface area contributed by atoms with Gasteiger partial charge in [0.15, 0.2) is 0 Å². The van der Waals surface area contributed by atoms with E-state index < -0.39 is 0 Å². The fourth-order valence-corrected chi connectivity index (χ4v) is 0.632. The van der Waals surface area contributed by atoms with Gasteiger partial charge in [0.05, 0.1) is 0 Å². The van der Waals surface area contributed by atoms with Crippen molar-refractivity contribution in [3.8, 4) is 0 Å². The molecule has 0 aromatic carbocycles. The number of rotatable bonds is 3. The summed E-state index contributed by atoms with van der Waals surface area (Å²) < 4.78 is 0. The van der Waals surface area contributed by atoms with E-state index in [0.717, 1.165) is 11.5 Å². The molecule has 0 amide bonds. The second-order valence-corrected chi connectivity index (χ2v) is 2.30. The third-order valence-corrected chi connectivity index (χ3v) is 1.30. The Balaban J connectivity index is 2.83. The number of hydrogen-bond donors (Lipinski definition) is 0. The van der Waals surface area contributed by atoms with Gasteiger partial charge in [-0.15, -0.1) is 0 Å². The van der Waals surface area contributed by atoms with Gasteiger partial charge in [0, 0.05) is 11.8 Å². The van der Waals surface area contributed by atoms with Crippen molar-refractivity contribution in [3.63, 3.8) is 0 Å². The van der Waals surface area contributed by atoms with Gasteiger partial charge in [0.2, 0.25) is 0 Å². The van der Waals surface area contributed by atoms with Crippen LogP contribution in [0.3, 0.4) is 0 Å². The van der Waals surface area contributed by atoms with E-state index in [1.807, 2.05) is 0 Å². The van der Waals surface area contributed by atoms with Gasteiger partial charge >= 0.3 is 0 Å². The first-order chi connectivity index (χ1) is 3.41. The molecule has 7 heavy (non-hydrogen) atoms. The summed E-state index contributed by atoms with van der Waals surface area (Å²) in [7, 11) is 0. The van der Waals surface area contributed by atoms with E-state index in [1.165, 1.54) is 6.08 Å². The minimum absolute atomic E-state index is 0.806. The Morgan fingerprint density at radius 3 is 3.00 bits per heavy atom. The lowest BCUT2D eigenvalue weighted by molar-refractivity contribution is 0.568. The second kappa shape index (κ2) is 5.80. The average molecular weight is 116 g/mol. The van der Waals surface area contributed by atoms with E-state index in [9.17, 15) is 4.79 Å². The van der Waals surface area contributed by atoms with E-state index in [0.29, 0.717) is 0 Å². The summed E-state index contributed by atoms with van der Waals surface area (Å²) in [5.41, 5.74) is 0. The molecule has 0 aromatic rings. The van der Waals surface area contributed by atoms with Gasteiger partial charge in [-0.1, -0.05) is 6.92 Å². The van der Waals surface area contributed by atoms with Crippen LogP contribution in [-0.2, 0) is 4.79 Å². The molecule has 2 heteroatoms. The second-order valence-electron chi connectivity index (χ2n) is 0.981. The fourth-order valence-electron chi connectivity index (χ4n) is 0.211. The quantitative estimate of drug-likeness (QED) is 0.406. The Bertz CT molecular complexity index is 74.1. The number of thioether (sulfide) groups is 1. The summed E-state index contributed by atoms with van der Waals surface area (Å²) in [6.45, 7) is 2.06. The zero-order valence-corrected chi connectivity index (χ0v) is 5.12. The van der Waals surface area contributed by atoms with Crippen LogP contribution in [0.2, 0.25) is 0 Å². The van der Waals surface area contributed by atoms with Crippen molar-refractivity contribution in [2.75, 3.05) is 11.5 Å². The molecule has 0 heterocycles. The topological polar surface area (TPSA) is 17.1 Å². The molecule has 0 spiro atoms. The summed E-state index contributed by atoms with van der Waals surface area (Å²) in [5, 5.41) is 0. The molecule has 0 aromatic heterocycles. The summed E-state index contributed by atoms with van der Waals surface area (Å²) in [6, 6.07) is 0. The van der Waals surface area contributed by atoms with Gasteiger partial charge in [-0.05, 0) is 5.75 Å². The molecule has 0 unspecified atom stereocenters. The molecule has 0 saturated heterocycles. The first-order valence-electron chi connectivity index (χ1n) is 2.19. The van der Waals surface area contributed by atoms with Gasteiger partial charge < -0.3 is 0 Å². The van der Waals surface area contributed by atoms with Gasteiger partial charge in [0.1, 0.15) is 5.94 Å². The average Bonchev–Trinajstić information content (AvgIpc) is 1.69. The van der Waals surface area contributed by atoms with E-state index in [-0.39, 0.29) is 0 Å². The monoisotopic (exact) mass is 116 g/mol. The lowest BCUT2D eigenvalue weighted by Gasteiger charge is -1.81. The first-order valence-corrected chi connectivity index (χ1v) is 3.34. The van der Waals surface area contributed by atoms with E-state index in [2.05, 4.69) is 6.92 Å². The van der Waals surface area contributed by atoms with Crippen LogP contribution < -0.4 is 0 Å². The highest BCUT2D eigenvalue weighted by Crippen LogP contribution is 1.95. The van der Waals surface area contributed by atoms with Crippen molar-refractivity contribution in [3.05, 3.63) is 6.08 Å². The Morgan fingerprint density at radius 2 is 2.57 bits per heavy atom. The van der Waals surface area contributed by atoms with Crippen LogP contribution in [0.4, 0.5) is 0 Å². The lowest BCUT2D eigenvalue weighted by atomic mass is 10.8. The molecule has 1 nitrogen and oxygen atoms in total. The Hall–Kier alpha value is -0.200. The fraction of sp³-hybridized carbons (Fsp3) is 0.600. The molecule has 0 aliphatic heterocycles. The summed E-state index contributed by atoms with van der Waals surface area (Å²) in [6.07, 6.45) is 1.49. The van der Waals surface area contributed by atoms with E-state index >= 15 is 0 Å². The largest absolute Gasteiger partial charge is 0.234 e.